The Bertz CT molecular complexity index is 2480. The Balaban J connectivity index is 1.46. The predicted molar refractivity (Wildman–Crippen MR) is 185 cm³/mol. The molecule has 0 aliphatic heterocycles. The summed E-state index contributed by atoms with van der Waals surface area (Å²) in [5.41, 5.74) is 6.91. The van der Waals surface area contributed by atoms with Crippen molar-refractivity contribution in [1.29, 1.82) is 0 Å². The van der Waals surface area contributed by atoms with Gasteiger partial charge < -0.3 is 9.67 Å². The first-order chi connectivity index (χ1) is 21.5. The molecular weight excluding hydrogens is 538 g/mol. The number of aromatic nitrogens is 1. The van der Waals surface area contributed by atoms with Crippen molar-refractivity contribution < 1.29 is 9.90 Å². The van der Waals surface area contributed by atoms with Crippen molar-refractivity contribution in [1.82, 2.24) is 4.57 Å². The lowest BCUT2D eigenvalue weighted by atomic mass is 9.86. The lowest BCUT2D eigenvalue weighted by Crippen LogP contribution is -2.01. The van der Waals surface area contributed by atoms with Crippen molar-refractivity contribution in [3.05, 3.63) is 145 Å². The van der Waals surface area contributed by atoms with Crippen LogP contribution in [0.25, 0.3) is 76.5 Å². The van der Waals surface area contributed by atoms with Crippen molar-refractivity contribution in [3.63, 3.8) is 0 Å². The van der Waals surface area contributed by atoms with Crippen LogP contribution in [0.5, 0.6) is 0 Å². The van der Waals surface area contributed by atoms with E-state index in [0.717, 1.165) is 54.7 Å². The molecule has 8 aromatic rings. The molecule has 3 nitrogen and oxygen atoms in total. The number of aliphatic hydroxyl groups is 1. The summed E-state index contributed by atoms with van der Waals surface area (Å²) in [6.45, 7) is 3.10. The van der Waals surface area contributed by atoms with E-state index in [-0.39, 0.29) is 11.5 Å². The number of hydrogen-bond acceptors (Lipinski definition) is 2. The zero-order chi connectivity index (χ0) is 29.9. The van der Waals surface area contributed by atoms with Gasteiger partial charge in [0.2, 0.25) is 0 Å². The molecule has 0 spiro atoms. The molecule has 3 heteroatoms. The first kappa shape index (κ1) is 26.0. The number of nitrogens with zero attached hydrogens (tertiary/aromatic N) is 1. The van der Waals surface area contributed by atoms with Gasteiger partial charge >= 0.3 is 0 Å². The van der Waals surface area contributed by atoms with Gasteiger partial charge in [-0.3, -0.25) is 4.79 Å². The first-order valence-corrected chi connectivity index (χ1v) is 14.9. The third-order valence-corrected chi connectivity index (χ3v) is 8.86. The van der Waals surface area contributed by atoms with Crippen LogP contribution in [-0.2, 0) is 4.79 Å². The van der Waals surface area contributed by atoms with Gasteiger partial charge in [0.1, 0.15) is 5.76 Å². The molecule has 0 atom stereocenters. The van der Waals surface area contributed by atoms with Crippen LogP contribution in [0.1, 0.15) is 19.4 Å². The minimum Gasteiger partial charge on any atom is -0.512 e. The number of ketones is 1. The fraction of sp³-hybridized carbons (Fsp3) is 0.0488. The molecule has 0 unspecified atom stereocenters. The number of aliphatic hydroxyl groups excluding tert-OH is 1. The quantitative estimate of drug-likeness (QED) is 0.131. The third-order valence-electron chi connectivity index (χ3n) is 8.86. The van der Waals surface area contributed by atoms with Gasteiger partial charge in [-0.2, -0.15) is 0 Å². The highest BCUT2D eigenvalue weighted by Crippen LogP contribution is 2.42. The van der Waals surface area contributed by atoms with Gasteiger partial charge in [-0.15, -0.1) is 0 Å². The molecule has 1 heterocycles. The van der Waals surface area contributed by atoms with E-state index in [2.05, 4.69) is 120 Å². The molecule has 7 aromatic carbocycles. The summed E-state index contributed by atoms with van der Waals surface area (Å²) in [6.07, 6.45) is 0. The van der Waals surface area contributed by atoms with Gasteiger partial charge in [-0.1, -0.05) is 91.0 Å². The Kier molecular flexibility index (Phi) is 5.88. The monoisotopic (exact) mass is 567 g/mol. The van der Waals surface area contributed by atoms with E-state index in [4.69, 9.17) is 0 Å². The van der Waals surface area contributed by atoms with Gasteiger partial charge in [-0.25, -0.2) is 0 Å². The number of para-hydroxylation sites is 2. The second-order valence-electron chi connectivity index (χ2n) is 11.5. The van der Waals surface area contributed by atoms with E-state index in [0.29, 0.717) is 5.57 Å². The van der Waals surface area contributed by atoms with Crippen LogP contribution in [0.3, 0.4) is 0 Å². The average molecular weight is 568 g/mol. The summed E-state index contributed by atoms with van der Waals surface area (Å²) in [5.74, 6) is -0.121. The van der Waals surface area contributed by atoms with Crippen LogP contribution in [0.15, 0.2) is 139 Å². The zero-order valence-corrected chi connectivity index (χ0v) is 24.5. The molecule has 1 aromatic heterocycles. The van der Waals surface area contributed by atoms with E-state index < -0.39 is 0 Å². The summed E-state index contributed by atoms with van der Waals surface area (Å²) < 4.78 is 2.34. The van der Waals surface area contributed by atoms with Crippen molar-refractivity contribution >= 4 is 65.5 Å². The molecule has 0 bridgehead atoms. The number of hydrogen-bond donors (Lipinski definition) is 1. The maximum Gasteiger partial charge on any atom is 0.163 e. The summed E-state index contributed by atoms with van der Waals surface area (Å²) in [6, 6.07) is 47.0. The second kappa shape index (κ2) is 9.96. The summed E-state index contributed by atoms with van der Waals surface area (Å²) in [5, 5.41) is 19.4. The Morgan fingerprint density at radius 1 is 0.523 bits per heavy atom. The Morgan fingerprint density at radius 3 is 1.80 bits per heavy atom. The zero-order valence-electron chi connectivity index (χ0n) is 24.5. The van der Waals surface area contributed by atoms with Crippen LogP contribution in [0.2, 0.25) is 0 Å². The van der Waals surface area contributed by atoms with E-state index >= 15 is 0 Å². The molecule has 0 saturated carbocycles. The molecule has 0 aliphatic rings. The normalized spacial score (nSPS) is 12.4. The highest BCUT2D eigenvalue weighted by Gasteiger charge is 2.19. The molecule has 8 rings (SSSR count). The lowest BCUT2D eigenvalue weighted by molar-refractivity contribution is -0.111. The van der Waals surface area contributed by atoms with Crippen molar-refractivity contribution in [2.24, 2.45) is 0 Å². The topological polar surface area (TPSA) is 42.2 Å². The number of benzene rings is 7. The first-order valence-electron chi connectivity index (χ1n) is 14.9. The van der Waals surface area contributed by atoms with Crippen LogP contribution < -0.4 is 0 Å². The molecular formula is C41H29NO2. The fourth-order valence-corrected chi connectivity index (χ4v) is 7.03. The van der Waals surface area contributed by atoms with Crippen LogP contribution >= 0.6 is 0 Å². The minimum absolute atomic E-state index is 0.0332. The summed E-state index contributed by atoms with van der Waals surface area (Å²) >= 11 is 0. The second-order valence-corrected chi connectivity index (χ2v) is 11.5. The number of allylic oxidation sites excluding steroid dienone is 2. The fourth-order valence-electron chi connectivity index (χ4n) is 7.03. The number of Topliss-reactive ketones (excluding diaryl/α,β-unsaturated/α-hetero) is 1. The highest BCUT2D eigenvalue weighted by molar-refractivity contribution is 6.29. The van der Waals surface area contributed by atoms with Crippen molar-refractivity contribution in [2.75, 3.05) is 0 Å². The van der Waals surface area contributed by atoms with Gasteiger partial charge in [0.15, 0.2) is 5.78 Å². The third kappa shape index (κ3) is 3.86. The molecule has 1 N–H and O–H groups in total. The summed E-state index contributed by atoms with van der Waals surface area (Å²) in [4.78, 5) is 12.7. The molecule has 0 saturated heterocycles. The molecule has 0 fully saturated rings. The van der Waals surface area contributed by atoms with Crippen LogP contribution in [0, 0.1) is 0 Å². The standard InChI is InChI=1S/C41H29NO2/c1-25(43)41(26(2)44)38-24-36-30-15-7-6-14-29(30)34(23-35(36)31-16-8-9-17-32(31)38)27-20-21-40-37(22-27)33-18-10-11-19-39(33)42(40)28-12-4-3-5-13-28/h3-24,43H,1-2H3. The van der Waals surface area contributed by atoms with Gasteiger partial charge in [0, 0.05) is 16.5 Å². The Labute approximate surface area is 254 Å². The lowest BCUT2D eigenvalue weighted by Gasteiger charge is -2.17. The van der Waals surface area contributed by atoms with E-state index in [1.807, 2.05) is 18.2 Å². The van der Waals surface area contributed by atoms with Gasteiger partial charge in [0.05, 0.1) is 16.6 Å². The average Bonchev–Trinajstić information content (AvgIpc) is 3.38. The SMILES string of the molecule is CC(=O)C(=C(C)O)c1cc2c3ccccc3c(-c3ccc4c(c3)c3ccccc3n4-c3ccccc3)cc2c2ccccc12. The van der Waals surface area contributed by atoms with Gasteiger partial charge in [-0.05, 0) is 105 Å². The Morgan fingerprint density at radius 2 is 1.09 bits per heavy atom. The van der Waals surface area contributed by atoms with E-state index in [1.54, 1.807) is 6.92 Å². The molecule has 0 radical (unpaired) electrons. The number of carbonyl (C=O) groups is 1. The maximum atomic E-state index is 12.7. The largest absolute Gasteiger partial charge is 0.512 e. The Hall–Kier alpha value is -5.67. The number of rotatable bonds is 4. The maximum absolute atomic E-state index is 12.7. The highest BCUT2D eigenvalue weighted by atomic mass is 16.3. The van der Waals surface area contributed by atoms with Crippen LogP contribution in [0.4, 0.5) is 0 Å². The van der Waals surface area contributed by atoms with Crippen LogP contribution in [-0.4, -0.2) is 15.5 Å². The van der Waals surface area contributed by atoms with E-state index in [9.17, 15) is 9.90 Å². The molecule has 0 amide bonds. The minimum atomic E-state index is -0.154. The summed E-state index contributed by atoms with van der Waals surface area (Å²) in [7, 11) is 0. The molecule has 0 aliphatic carbocycles. The van der Waals surface area contributed by atoms with Gasteiger partial charge in [0.25, 0.3) is 0 Å². The number of carbonyl (C=O) groups excluding carboxylic acids is 1. The smallest absolute Gasteiger partial charge is 0.163 e. The predicted octanol–water partition coefficient (Wildman–Crippen LogP) is 10.8. The van der Waals surface area contributed by atoms with Crippen molar-refractivity contribution in [3.8, 4) is 16.8 Å². The number of fused-ring (bicyclic) bond motifs is 8. The molecule has 44 heavy (non-hydrogen) atoms. The molecule has 210 valence electrons. The van der Waals surface area contributed by atoms with E-state index in [1.165, 1.54) is 28.7 Å². The van der Waals surface area contributed by atoms with Crippen molar-refractivity contribution in [2.45, 2.75) is 13.8 Å².